The van der Waals surface area contributed by atoms with Crippen molar-refractivity contribution in [2.75, 3.05) is 24.5 Å². The number of carbonyl (C=O) groups is 2. The zero-order valence-corrected chi connectivity index (χ0v) is 19.8. The first-order valence-electron chi connectivity index (χ1n) is 10.9. The molecule has 3 rings (SSSR count). The van der Waals surface area contributed by atoms with E-state index in [4.69, 9.17) is 4.74 Å². The van der Waals surface area contributed by atoms with Crippen LogP contribution in [0.1, 0.15) is 71.9 Å². The van der Waals surface area contributed by atoms with Gasteiger partial charge >= 0.3 is 25.0 Å². The van der Waals surface area contributed by atoms with E-state index >= 15 is 0 Å². The van der Waals surface area contributed by atoms with Crippen LogP contribution in [0.5, 0.6) is 0 Å². The Kier molecular flexibility index (Phi) is 8.10. The molecule has 1 amide bonds. The molecule has 0 spiro atoms. The number of hydrogen-bond acceptors (Lipinski definition) is 6. The van der Waals surface area contributed by atoms with Crippen LogP contribution in [-0.2, 0) is 9.53 Å². The van der Waals surface area contributed by atoms with Crippen LogP contribution in [-0.4, -0.2) is 53.2 Å². The molecule has 166 valence electrons. The van der Waals surface area contributed by atoms with Gasteiger partial charge in [-0.1, -0.05) is 13.8 Å². The van der Waals surface area contributed by atoms with Gasteiger partial charge in [0.25, 0.3) is 0 Å². The van der Waals surface area contributed by atoms with Gasteiger partial charge in [0.2, 0.25) is 0 Å². The second-order valence-corrected chi connectivity index (χ2v) is 10.1. The van der Waals surface area contributed by atoms with Crippen LogP contribution in [0.2, 0.25) is 0 Å². The van der Waals surface area contributed by atoms with E-state index in [1.165, 1.54) is 0 Å². The Bertz CT molecular complexity index is 774. The van der Waals surface area contributed by atoms with Crippen molar-refractivity contribution < 1.29 is 38.3 Å². The SMILES string of the molecule is CC(C(=O)[O-])c1ccc(N2CCC[C@@H](N(CC3(C)CC3)C(=O)OC(C)(C)C)C2)cn1.[Li+]. The molecule has 1 aromatic heterocycles. The van der Waals surface area contributed by atoms with Crippen molar-refractivity contribution in [2.45, 2.75) is 77.9 Å². The van der Waals surface area contributed by atoms with Crippen LogP contribution in [0.15, 0.2) is 18.3 Å². The van der Waals surface area contributed by atoms with E-state index in [1.807, 2.05) is 31.7 Å². The molecule has 1 aliphatic carbocycles. The fourth-order valence-electron chi connectivity index (χ4n) is 3.85. The largest absolute Gasteiger partial charge is 1.00 e. The number of carboxylic acid groups (broad SMARTS) is 1. The van der Waals surface area contributed by atoms with E-state index in [-0.39, 0.29) is 36.4 Å². The minimum atomic E-state index is -1.13. The third kappa shape index (κ3) is 6.88. The second-order valence-electron chi connectivity index (χ2n) is 10.1. The summed E-state index contributed by atoms with van der Waals surface area (Å²) in [4.78, 5) is 32.6. The standard InChI is InChI=1S/C23H35N3O4.Li/c1-16(20(27)28)19-9-8-17(13-24-19)25-12-6-7-18(14-25)26(15-23(5)10-11-23)21(29)30-22(2,3)4;/h8-9,13,16,18H,6-7,10-12,14-15H2,1-5H3,(H,27,28);/q;+1/p-1/t16?,18-;/m1./s1. The minimum Gasteiger partial charge on any atom is -0.549 e. The number of carbonyl (C=O) groups excluding carboxylic acids is 2. The maximum Gasteiger partial charge on any atom is 1.00 e. The molecule has 7 nitrogen and oxygen atoms in total. The Morgan fingerprint density at radius 1 is 1.35 bits per heavy atom. The smallest absolute Gasteiger partial charge is 0.549 e. The molecule has 1 aromatic rings. The Balaban J connectivity index is 0.00000341. The Morgan fingerprint density at radius 2 is 2.03 bits per heavy atom. The maximum absolute atomic E-state index is 13.0. The Hall–Kier alpha value is -1.71. The van der Waals surface area contributed by atoms with Gasteiger partial charge in [-0.25, -0.2) is 4.79 Å². The summed E-state index contributed by atoms with van der Waals surface area (Å²) >= 11 is 0. The molecule has 0 radical (unpaired) electrons. The molecule has 2 heterocycles. The van der Waals surface area contributed by atoms with Crippen molar-refractivity contribution in [3.8, 4) is 0 Å². The zero-order chi connectivity index (χ0) is 22.1. The molecule has 1 saturated heterocycles. The number of aromatic nitrogens is 1. The summed E-state index contributed by atoms with van der Waals surface area (Å²) in [5, 5.41) is 11.1. The van der Waals surface area contributed by atoms with E-state index in [2.05, 4.69) is 16.8 Å². The van der Waals surface area contributed by atoms with Gasteiger partial charge < -0.3 is 24.4 Å². The van der Waals surface area contributed by atoms with Gasteiger partial charge in [0.1, 0.15) is 5.60 Å². The summed E-state index contributed by atoms with van der Waals surface area (Å²) in [5.74, 6) is -1.87. The first kappa shape index (κ1) is 25.5. The predicted molar refractivity (Wildman–Crippen MR) is 113 cm³/mol. The van der Waals surface area contributed by atoms with Gasteiger partial charge in [0.05, 0.1) is 23.9 Å². The van der Waals surface area contributed by atoms with Crippen molar-refractivity contribution >= 4 is 17.7 Å². The van der Waals surface area contributed by atoms with E-state index in [1.54, 1.807) is 19.2 Å². The number of piperidine rings is 1. The summed E-state index contributed by atoms with van der Waals surface area (Å²) in [6, 6.07) is 3.73. The van der Waals surface area contributed by atoms with Crippen molar-refractivity contribution in [1.29, 1.82) is 0 Å². The number of aliphatic carboxylic acids is 1. The third-order valence-corrected chi connectivity index (χ3v) is 6.05. The summed E-state index contributed by atoms with van der Waals surface area (Å²) in [5.41, 5.74) is 1.10. The summed E-state index contributed by atoms with van der Waals surface area (Å²) in [6.07, 6.45) is 5.68. The number of nitrogens with zero attached hydrogens (tertiary/aromatic N) is 3. The fourth-order valence-corrected chi connectivity index (χ4v) is 3.85. The molecule has 0 bridgehead atoms. The number of hydrogen-bond donors (Lipinski definition) is 0. The van der Waals surface area contributed by atoms with Crippen LogP contribution >= 0.6 is 0 Å². The van der Waals surface area contributed by atoms with Gasteiger partial charge in [-0.3, -0.25) is 4.98 Å². The zero-order valence-electron chi connectivity index (χ0n) is 19.8. The number of anilines is 1. The van der Waals surface area contributed by atoms with Gasteiger partial charge in [-0.05, 0) is 64.0 Å². The maximum atomic E-state index is 13.0. The van der Waals surface area contributed by atoms with Gasteiger partial charge in [0, 0.05) is 31.2 Å². The second kappa shape index (κ2) is 9.83. The molecular formula is C23H34LiN3O4. The number of ether oxygens (including phenoxy) is 1. The van der Waals surface area contributed by atoms with E-state index in [0.29, 0.717) is 12.2 Å². The van der Waals surface area contributed by atoms with Gasteiger partial charge in [0.15, 0.2) is 0 Å². The van der Waals surface area contributed by atoms with E-state index < -0.39 is 17.5 Å². The quantitative estimate of drug-likeness (QED) is 0.597. The van der Waals surface area contributed by atoms with Crippen molar-refractivity contribution in [3.63, 3.8) is 0 Å². The first-order valence-corrected chi connectivity index (χ1v) is 10.9. The van der Waals surface area contributed by atoms with Crippen molar-refractivity contribution in [2.24, 2.45) is 5.41 Å². The summed E-state index contributed by atoms with van der Waals surface area (Å²) in [6.45, 7) is 11.8. The van der Waals surface area contributed by atoms with E-state index in [9.17, 15) is 14.7 Å². The fraction of sp³-hybridized carbons (Fsp3) is 0.696. The molecular weight excluding hydrogens is 389 g/mol. The Labute approximate surface area is 197 Å². The molecule has 1 unspecified atom stereocenters. The summed E-state index contributed by atoms with van der Waals surface area (Å²) < 4.78 is 5.73. The first-order chi connectivity index (χ1) is 14.0. The van der Waals surface area contributed by atoms with Crippen molar-refractivity contribution in [3.05, 3.63) is 24.0 Å². The average Bonchev–Trinajstić information content (AvgIpc) is 3.41. The molecule has 8 heteroatoms. The summed E-state index contributed by atoms with van der Waals surface area (Å²) in [7, 11) is 0. The topological polar surface area (TPSA) is 85.8 Å². The van der Waals surface area contributed by atoms with Crippen LogP contribution in [0.3, 0.4) is 0 Å². The van der Waals surface area contributed by atoms with E-state index in [0.717, 1.165) is 44.5 Å². The molecule has 0 aromatic carbocycles. The molecule has 2 aliphatic rings. The number of rotatable bonds is 6. The number of carboxylic acids is 1. The molecule has 0 N–H and O–H groups in total. The molecule has 1 aliphatic heterocycles. The molecule has 1 saturated carbocycles. The predicted octanol–water partition coefficient (Wildman–Crippen LogP) is -0.0550. The van der Waals surface area contributed by atoms with Crippen LogP contribution in [0, 0.1) is 5.41 Å². The normalized spacial score (nSPS) is 20.9. The molecule has 2 fully saturated rings. The van der Waals surface area contributed by atoms with Crippen LogP contribution in [0.4, 0.5) is 10.5 Å². The van der Waals surface area contributed by atoms with Gasteiger partial charge in [-0.2, -0.15) is 0 Å². The minimum absolute atomic E-state index is 0. The third-order valence-electron chi connectivity index (χ3n) is 6.05. The van der Waals surface area contributed by atoms with Crippen LogP contribution in [0.25, 0.3) is 0 Å². The van der Waals surface area contributed by atoms with Gasteiger partial charge in [-0.15, -0.1) is 0 Å². The number of amides is 1. The average molecular weight is 423 g/mol. The van der Waals surface area contributed by atoms with Crippen molar-refractivity contribution in [1.82, 2.24) is 9.88 Å². The Morgan fingerprint density at radius 3 is 2.55 bits per heavy atom. The molecule has 2 atom stereocenters. The van der Waals surface area contributed by atoms with Crippen LogP contribution < -0.4 is 28.9 Å². The monoisotopic (exact) mass is 423 g/mol. The number of pyridine rings is 1. The molecule has 31 heavy (non-hydrogen) atoms.